The van der Waals surface area contributed by atoms with Crippen molar-refractivity contribution in [1.29, 1.82) is 0 Å². The van der Waals surface area contributed by atoms with Gasteiger partial charge < -0.3 is 5.11 Å². The lowest BCUT2D eigenvalue weighted by molar-refractivity contribution is -0.0472. The van der Waals surface area contributed by atoms with Crippen molar-refractivity contribution in [2.24, 2.45) is 5.41 Å². The van der Waals surface area contributed by atoms with Crippen LogP contribution in [-0.2, 0) is 5.60 Å². The van der Waals surface area contributed by atoms with Crippen molar-refractivity contribution in [3.63, 3.8) is 0 Å². The van der Waals surface area contributed by atoms with Crippen LogP contribution < -0.4 is 0 Å². The summed E-state index contributed by atoms with van der Waals surface area (Å²) in [5, 5.41) is 10.8. The molecule has 0 saturated carbocycles. The fraction of sp³-hybridized carbons (Fsp3) is 0.545. The van der Waals surface area contributed by atoms with Crippen molar-refractivity contribution in [2.75, 3.05) is 0 Å². The van der Waals surface area contributed by atoms with Crippen LogP contribution in [0.25, 0.3) is 0 Å². The molecule has 0 spiro atoms. The third-order valence-electron chi connectivity index (χ3n) is 2.75. The molecule has 0 aromatic carbocycles. The topological polar surface area (TPSA) is 33.1 Å². The van der Waals surface area contributed by atoms with Gasteiger partial charge in [-0.3, -0.25) is 0 Å². The van der Waals surface area contributed by atoms with Gasteiger partial charge in [-0.05, 0) is 18.4 Å². The minimum absolute atomic E-state index is 0.234. The van der Waals surface area contributed by atoms with Crippen molar-refractivity contribution >= 4 is 11.6 Å². The number of nitrogens with zero attached hydrogens (tertiary/aromatic N) is 1. The summed E-state index contributed by atoms with van der Waals surface area (Å²) in [7, 11) is 0. The second-order valence-corrected chi connectivity index (χ2v) is 5.08. The van der Waals surface area contributed by atoms with E-state index in [1.807, 2.05) is 20.8 Å². The Balaban J connectivity index is 3.10. The molecule has 1 aromatic rings. The summed E-state index contributed by atoms with van der Waals surface area (Å²) < 4.78 is 0. The highest BCUT2D eigenvalue weighted by molar-refractivity contribution is 6.29. The Kier molecular flexibility index (Phi) is 2.88. The first-order chi connectivity index (χ1) is 6.25. The lowest BCUT2D eigenvalue weighted by atomic mass is 9.74. The van der Waals surface area contributed by atoms with Crippen LogP contribution in [0.3, 0.4) is 0 Å². The Morgan fingerprint density at radius 1 is 1.21 bits per heavy atom. The first-order valence-electron chi connectivity index (χ1n) is 4.59. The van der Waals surface area contributed by atoms with Crippen LogP contribution in [0.5, 0.6) is 0 Å². The summed E-state index contributed by atoms with van der Waals surface area (Å²) in [6.45, 7) is 7.75. The van der Waals surface area contributed by atoms with Crippen LogP contribution in [0.2, 0.25) is 5.15 Å². The van der Waals surface area contributed by atoms with E-state index in [0.29, 0.717) is 5.15 Å². The average molecular weight is 214 g/mol. The van der Waals surface area contributed by atoms with Gasteiger partial charge in [0.15, 0.2) is 0 Å². The van der Waals surface area contributed by atoms with E-state index >= 15 is 0 Å². The van der Waals surface area contributed by atoms with E-state index in [1.165, 1.54) is 0 Å². The lowest BCUT2D eigenvalue weighted by Crippen LogP contribution is -2.36. The smallest absolute Gasteiger partial charge is 0.129 e. The number of rotatable bonds is 1. The molecule has 1 heterocycles. The Bertz CT molecular complexity index is 311. The Hall–Kier alpha value is -0.600. The monoisotopic (exact) mass is 213 g/mol. The van der Waals surface area contributed by atoms with Gasteiger partial charge in [-0.15, -0.1) is 0 Å². The van der Waals surface area contributed by atoms with Gasteiger partial charge in [0.25, 0.3) is 0 Å². The summed E-state index contributed by atoms with van der Waals surface area (Å²) in [6.07, 6.45) is 1.62. The molecule has 3 heteroatoms. The van der Waals surface area contributed by atoms with Crippen LogP contribution in [0, 0.1) is 5.41 Å². The molecule has 14 heavy (non-hydrogen) atoms. The Morgan fingerprint density at radius 2 is 1.79 bits per heavy atom. The third-order valence-corrected chi connectivity index (χ3v) is 2.97. The van der Waals surface area contributed by atoms with Gasteiger partial charge in [-0.25, -0.2) is 4.98 Å². The summed E-state index contributed by atoms with van der Waals surface area (Å²) in [5.74, 6) is 0. The normalized spacial score (nSPS) is 16.4. The first kappa shape index (κ1) is 11.5. The number of hydrogen-bond acceptors (Lipinski definition) is 2. The van der Waals surface area contributed by atoms with E-state index in [4.69, 9.17) is 11.6 Å². The predicted molar refractivity (Wildman–Crippen MR) is 58.3 cm³/mol. The van der Waals surface area contributed by atoms with Gasteiger partial charge in [0, 0.05) is 11.8 Å². The molecule has 0 saturated heterocycles. The van der Waals surface area contributed by atoms with Crippen molar-refractivity contribution in [3.05, 3.63) is 29.0 Å². The maximum absolute atomic E-state index is 10.3. The molecule has 0 aliphatic heterocycles. The molecule has 0 unspecified atom stereocenters. The summed E-state index contributed by atoms with van der Waals surface area (Å²) >= 11 is 5.68. The van der Waals surface area contributed by atoms with Gasteiger partial charge in [0.2, 0.25) is 0 Å². The molecule has 1 atom stereocenters. The van der Waals surface area contributed by atoms with Crippen LogP contribution in [-0.4, -0.2) is 10.1 Å². The number of halogens is 1. The third kappa shape index (κ3) is 2.07. The highest BCUT2D eigenvalue weighted by atomic mass is 35.5. The van der Waals surface area contributed by atoms with E-state index in [2.05, 4.69) is 4.98 Å². The average Bonchev–Trinajstić information content (AvgIpc) is 2.03. The maximum atomic E-state index is 10.3. The number of pyridine rings is 1. The summed E-state index contributed by atoms with van der Waals surface area (Å²) in [6, 6.07) is 3.50. The highest BCUT2D eigenvalue weighted by Crippen LogP contribution is 2.38. The molecule has 0 fully saturated rings. The summed E-state index contributed by atoms with van der Waals surface area (Å²) in [5.41, 5.74) is -0.345. The highest BCUT2D eigenvalue weighted by Gasteiger charge is 2.36. The van der Waals surface area contributed by atoms with Crippen molar-refractivity contribution in [2.45, 2.75) is 33.3 Å². The first-order valence-corrected chi connectivity index (χ1v) is 4.97. The molecule has 2 nitrogen and oxygen atoms in total. The minimum Gasteiger partial charge on any atom is -0.385 e. The lowest BCUT2D eigenvalue weighted by Gasteiger charge is -2.37. The minimum atomic E-state index is -0.898. The van der Waals surface area contributed by atoms with Crippen LogP contribution in [0.15, 0.2) is 18.3 Å². The number of aliphatic hydroxyl groups is 1. The van der Waals surface area contributed by atoms with Crippen molar-refractivity contribution in [3.8, 4) is 0 Å². The molecule has 1 rings (SSSR count). The van der Waals surface area contributed by atoms with Crippen LogP contribution in [0.4, 0.5) is 0 Å². The number of aromatic nitrogens is 1. The second-order valence-electron chi connectivity index (χ2n) is 4.69. The van der Waals surface area contributed by atoms with Gasteiger partial charge in [0.05, 0.1) is 5.60 Å². The molecule has 0 amide bonds. The van der Waals surface area contributed by atoms with Crippen molar-refractivity contribution < 1.29 is 5.11 Å². The molecule has 0 bridgehead atoms. The molecular formula is C11H16ClNO. The van der Waals surface area contributed by atoms with E-state index in [9.17, 15) is 5.11 Å². The largest absolute Gasteiger partial charge is 0.385 e. The fourth-order valence-electron chi connectivity index (χ4n) is 1.10. The molecule has 0 aliphatic carbocycles. The standard InChI is InChI=1S/C11H16ClNO/c1-10(2,3)11(4,14)8-5-6-9(12)13-7-8/h5-7,14H,1-4H3/t11-/m0/s1. The second kappa shape index (κ2) is 3.52. The predicted octanol–water partition coefficient (Wildman–Crippen LogP) is 2.99. The molecule has 1 N–H and O–H groups in total. The Morgan fingerprint density at radius 3 is 2.14 bits per heavy atom. The van der Waals surface area contributed by atoms with Gasteiger partial charge in [-0.1, -0.05) is 38.4 Å². The Labute approximate surface area is 89.9 Å². The van der Waals surface area contributed by atoms with Gasteiger partial charge in [0.1, 0.15) is 5.15 Å². The van der Waals surface area contributed by atoms with Gasteiger partial charge >= 0.3 is 0 Å². The van der Waals surface area contributed by atoms with E-state index in [-0.39, 0.29) is 5.41 Å². The molecular weight excluding hydrogens is 198 g/mol. The fourth-order valence-corrected chi connectivity index (χ4v) is 1.21. The van der Waals surface area contributed by atoms with E-state index < -0.39 is 5.60 Å². The van der Waals surface area contributed by atoms with E-state index in [0.717, 1.165) is 5.56 Å². The maximum Gasteiger partial charge on any atom is 0.129 e. The van der Waals surface area contributed by atoms with Crippen LogP contribution >= 0.6 is 11.6 Å². The quantitative estimate of drug-likeness (QED) is 0.728. The zero-order chi connectivity index (χ0) is 11.0. The van der Waals surface area contributed by atoms with Gasteiger partial charge in [-0.2, -0.15) is 0 Å². The molecule has 1 aromatic heterocycles. The SMILES string of the molecule is CC(C)(C)[C@@](C)(O)c1ccc(Cl)nc1. The molecule has 0 aliphatic rings. The summed E-state index contributed by atoms with van der Waals surface area (Å²) in [4.78, 5) is 3.96. The van der Waals surface area contributed by atoms with E-state index in [1.54, 1.807) is 25.3 Å². The zero-order valence-electron chi connectivity index (χ0n) is 9.00. The van der Waals surface area contributed by atoms with Crippen molar-refractivity contribution in [1.82, 2.24) is 4.98 Å². The zero-order valence-corrected chi connectivity index (χ0v) is 9.76. The van der Waals surface area contributed by atoms with Crippen LogP contribution in [0.1, 0.15) is 33.3 Å². The number of hydrogen-bond donors (Lipinski definition) is 1. The molecule has 78 valence electrons. The molecule has 0 radical (unpaired) electrons.